The second kappa shape index (κ2) is 8.42. The average molecular weight is 410 g/mol. The van der Waals surface area contributed by atoms with Crippen molar-refractivity contribution in [2.75, 3.05) is 13.1 Å². The number of rotatable bonds is 5. The number of fused-ring (bicyclic) bond motifs is 2. The maximum Gasteiger partial charge on any atom is 0.308 e. The van der Waals surface area contributed by atoms with Crippen molar-refractivity contribution in [3.63, 3.8) is 0 Å². The van der Waals surface area contributed by atoms with Crippen LogP contribution in [0.25, 0.3) is 0 Å². The first kappa shape index (κ1) is 20.3. The molecule has 1 saturated heterocycles. The minimum Gasteiger partial charge on any atom is -0.452 e. The van der Waals surface area contributed by atoms with Gasteiger partial charge in [0.25, 0.3) is 5.91 Å². The molecule has 3 atom stereocenters. The summed E-state index contributed by atoms with van der Waals surface area (Å²) in [6.07, 6.45) is 4.76. The molecule has 7 heteroatoms. The van der Waals surface area contributed by atoms with Gasteiger partial charge in [0.2, 0.25) is 11.8 Å². The van der Waals surface area contributed by atoms with E-state index in [2.05, 4.69) is 6.07 Å². The van der Waals surface area contributed by atoms with Crippen LogP contribution in [0, 0.1) is 11.8 Å². The maximum atomic E-state index is 12.7. The standard InChI is InChI=1S/C23H26N2O5/c1-15(21(27)24-12-10-16-6-2-3-7-17(16)14-24)30-20(26)11-13-25-22(28)18-8-4-5-9-19(18)23(25)29/h2-7,15,18-19H,8-14H2,1H3/t15-,18-,19-/m0/s1. The summed E-state index contributed by atoms with van der Waals surface area (Å²) >= 11 is 0. The Balaban J connectivity index is 1.27. The Hall–Kier alpha value is -2.96. The van der Waals surface area contributed by atoms with Crippen molar-refractivity contribution >= 4 is 23.7 Å². The number of imide groups is 1. The predicted octanol–water partition coefficient (Wildman–Crippen LogP) is 1.84. The number of allylic oxidation sites excluding steroid dienone is 2. The van der Waals surface area contributed by atoms with E-state index in [9.17, 15) is 19.2 Å². The van der Waals surface area contributed by atoms with E-state index >= 15 is 0 Å². The molecular formula is C23H26N2O5. The van der Waals surface area contributed by atoms with Gasteiger partial charge in [-0.3, -0.25) is 24.1 Å². The van der Waals surface area contributed by atoms with Crippen molar-refractivity contribution in [3.8, 4) is 0 Å². The first-order valence-corrected chi connectivity index (χ1v) is 10.5. The molecule has 2 aliphatic heterocycles. The van der Waals surface area contributed by atoms with Crippen LogP contribution in [0.3, 0.4) is 0 Å². The van der Waals surface area contributed by atoms with Crippen LogP contribution in [0.2, 0.25) is 0 Å². The van der Waals surface area contributed by atoms with Gasteiger partial charge in [-0.05, 0) is 37.3 Å². The number of ether oxygens (including phenoxy) is 1. The molecule has 0 unspecified atom stereocenters. The quantitative estimate of drug-likeness (QED) is 0.420. The molecule has 0 N–H and O–H groups in total. The highest BCUT2D eigenvalue weighted by molar-refractivity contribution is 6.05. The Morgan fingerprint density at radius 1 is 1.07 bits per heavy atom. The van der Waals surface area contributed by atoms with Crippen LogP contribution in [0.5, 0.6) is 0 Å². The van der Waals surface area contributed by atoms with E-state index in [-0.39, 0.29) is 42.5 Å². The van der Waals surface area contributed by atoms with Crippen molar-refractivity contribution in [2.45, 2.75) is 45.3 Å². The molecular weight excluding hydrogens is 384 g/mol. The largest absolute Gasteiger partial charge is 0.452 e. The Labute approximate surface area is 175 Å². The Kier molecular flexibility index (Phi) is 5.70. The molecule has 0 saturated carbocycles. The van der Waals surface area contributed by atoms with Gasteiger partial charge >= 0.3 is 5.97 Å². The fraction of sp³-hybridized carbons (Fsp3) is 0.478. The summed E-state index contributed by atoms with van der Waals surface area (Å²) in [6.45, 7) is 2.66. The molecule has 2 heterocycles. The van der Waals surface area contributed by atoms with Crippen LogP contribution < -0.4 is 0 Å². The van der Waals surface area contributed by atoms with Gasteiger partial charge in [0.1, 0.15) is 0 Å². The van der Waals surface area contributed by atoms with Gasteiger partial charge in [-0.2, -0.15) is 0 Å². The van der Waals surface area contributed by atoms with E-state index in [1.807, 2.05) is 30.4 Å². The molecule has 0 radical (unpaired) electrons. The first-order valence-electron chi connectivity index (χ1n) is 10.5. The molecule has 0 aromatic heterocycles. The monoisotopic (exact) mass is 410 g/mol. The SMILES string of the molecule is C[C@H](OC(=O)CCN1C(=O)[C@H]2CC=CC[C@@H]2C1=O)C(=O)N1CCc2ccccc2C1. The van der Waals surface area contributed by atoms with E-state index in [4.69, 9.17) is 4.74 Å². The van der Waals surface area contributed by atoms with E-state index in [1.54, 1.807) is 11.8 Å². The predicted molar refractivity (Wildman–Crippen MR) is 108 cm³/mol. The van der Waals surface area contributed by atoms with Crippen LogP contribution >= 0.6 is 0 Å². The molecule has 7 nitrogen and oxygen atoms in total. The van der Waals surface area contributed by atoms with Crippen LogP contribution in [-0.4, -0.2) is 52.7 Å². The van der Waals surface area contributed by atoms with Crippen molar-refractivity contribution in [2.24, 2.45) is 11.8 Å². The number of benzene rings is 1. The zero-order valence-electron chi connectivity index (χ0n) is 17.1. The molecule has 1 aromatic carbocycles. The highest BCUT2D eigenvalue weighted by Crippen LogP contribution is 2.35. The third kappa shape index (κ3) is 3.88. The topological polar surface area (TPSA) is 84.0 Å². The second-order valence-electron chi connectivity index (χ2n) is 8.14. The first-order chi connectivity index (χ1) is 14.5. The Morgan fingerprint density at radius 2 is 1.70 bits per heavy atom. The third-order valence-electron chi connectivity index (χ3n) is 6.24. The zero-order valence-corrected chi connectivity index (χ0v) is 17.1. The number of esters is 1. The van der Waals surface area contributed by atoms with Crippen LogP contribution in [-0.2, 0) is 36.9 Å². The summed E-state index contributed by atoms with van der Waals surface area (Å²) in [5.74, 6) is -1.84. The summed E-state index contributed by atoms with van der Waals surface area (Å²) in [5, 5.41) is 0. The molecule has 4 rings (SSSR count). The highest BCUT2D eigenvalue weighted by atomic mass is 16.5. The third-order valence-corrected chi connectivity index (χ3v) is 6.24. The number of amides is 3. The number of hydrogen-bond acceptors (Lipinski definition) is 5. The minimum atomic E-state index is -0.903. The Morgan fingerprint density at radius 3 is 2.37 bits per heavy atom. The minimum absolute atomic E-state index is 0.00149. The molecule has 0 spiro atoms. The highest BCUT2D eigenvalue weighted by Gasteiger charge is 2.47. The van der Waals surface area contributed by atoms with Crippen LogP contribution in [0.1, 0.15) is 37.3 Å². The van der Waals surface area contributed by atoms with Crippen molar-refractivity contribution in [1.82, 2.24) is 9.80 Å². The van der Waals surface area contributed by atoms with E-state index in [1.165, 1.54) is 10.5 Å². The summed E-state index contributed by atoms with van der Waals surface area (Å²) < 4.78 is 5.31. The van der Waals surface area contributed by atoms with Gasteiger partial charge in [0.05, 0.1) is 18.3 Å². The fourth-order valence-corrected chi connectivity index (χ4v) is 4.54. The summed E-state index contributed by atoms with van der Waals surface area (Å²) in [7, 11) is 0. The van der Waals surface area contributed by atoms with Gasteiger partial charge in [0.15, 0.2) is 6.10 Å². The van der Waals surface area contributed by atoms with E-state index in [0.29, 0.717) is 25.9 Å². The number of nitrogens with zero attached hydrogens (tertiary/aromatic N) is 2. The zero-order chi connectivity index (χ0) is 21.3. The van der Waals surface area contributed by atoms with Crippen LogP contribution in [0.4, 0.5) is 0 Å². The van der Waals surface area contributed by atoms with Gasteiger partial charge in [-0.1, -0.05) is 36.4 Å². The van der Waals surface area contributed by atoms with Crippen molar-refractivity contribution < 1.29 is 23.9 Å². The lowest BCUT2D eigenvalue weighted by molar-refractivity contribution is -0.160. The number of hydrogen-bond donors (Lipinski definition) is 0. The molecule has 0 bridgehead atoms. The number of carbonyl (C=O) groups excluding carboxylic acids is 4. The maximum absolute atomic E-state index is 12.7. The molecule has 3 amide bonds. The molecule has 1 aromatic rings. The number of carbonyl (C=O) groups is 4. The fourth-order valence-electron chi connectivity index (χ4n) is 4.54. The summed E-state index contributed by atoms with van der Waals surface area (Å²) in [5.41, 5.74) is 2.35. The number of likely N-dealkylation sites (tertiary alicyclic amines) is 1. The average Bonchev–Trinajstić information content (AvgIpc) is 3.01. The van der Waals surface area contributed by atoms with Crippen molar-refractivity contribution in [3.05, 3.63) is 47.5 Å². The lowest BCUT2D eigenvalue weighted by Crippen LogP contribution is -2.43. The van der Waals surface area contributed by atoms with Gasteiger partial charge in [-0.25, -0.2) is 0 Å². The molecule has 30 heavy (non-hydrogen) atoms. The molecule has 158 valence electrons. The molecule has 1 fully saturated rings. The summed E-state index contributed by atoms with van der Waals surface area (Å²) in [4.78, 5) is 52.8. The second-order valence-corrected chi connectivity index (χ2v) is 8.14. The normalized spacial score (nSPS) is 23.8. The van der Waals surface area contributed by atoms with Gasteiger partial charge < -0.3 is 9.64 Å². The van der Waals surface area contributed by atoms with Gasteiger partial charge in [0, 0.05) is 19.6 Å². The van der Waals surface area contributed by atoms with E-state index < -0.39 is 12.1 Å². The van der Waals surface area contributed by atoms with E-state index in [0.717, 1.165) is 12.0 Å². The summed E-state index contributed by atoms with van der Waals surface area (Å²) in [6, 6.07) is 8.00. The van der Waals surface area contributed by atoms with Crippen molar-refractivity contribution in [1.29, 1.82) is 0 Å². The lowest BCUT2D eigenvalue weighted by Gasteiger charge is -2.30. The molecule has 1 aliphatic carbocycles. The Bertz CT molecular complexity index is 883. The lowest BCUT2D eigenvalue weighted by atomic mass is 9.85. The van der Waals surface area contributed by atoms with Gasteiger partial charge in [-0.15, -0.1) is 0 Å². The smallest absolute Gasteiger partial charge is 0.308 e. The molecule has 3 aliphatic rings. The van der Waals surface area contributed by atoms with Crippen LogP contribution in [0.15, 0.2) is 36.4 Å².